The van der Waals surface area contributed by atoms with Gasteiger partial charge in [0, 0.05) is 0 Å². The van der Waals surface area contributed by atoms with Crippen molar-refractivity contribution in [2.75, 3.05) is 18.5 Å². The fraction of sp³-hybridized carbons (Fsp3) is 0.158. The number of nitrogens with one attached hydrogen (secondary N) is 2. The molecule has 29 heavy (non-hydrogen) atoms. The third-order valence-electron chi connectivity index (χ3n) is 3.32. The number of nitrogens with zero attached hydrogens (tertiary/aromatic N) is 1. The largest absolute Gasteiger partial charge is 0.546 e. The molecule has 0 saturated carbocycles. The second-order valence-electron chi connectivity index (χ2n) is 5.43. The molecule has 0 aliphatic rings. The van der Waals surface area contributed by atoms with Crippen molar-refractivity contribution in [2.24, 2.45) is 5.10 Å². The van der Waals surface area contributed by atoms with Crippen LogP contribution in [-0.4, -0.2) is 37.2 Å². The number of para-hydroxylation sites is 1. The highest BCUT2D eigenvalue weighted by atomic mass is 19.1. The molecule has 2 amide bonds. The fourth-order valence-corrected chi connectivity index (χ4v) is 2.09. The van der Waals surface area contributed by atoms with E-state index in [9.17, 15) is 23.9 Å². The first kappa shape index (κ1) is 21.4. The number of hydrogen-bond donors (Lipinski definition) is 2. The molecule has 152 valence electrons. The zero-order valence-corrected chi connectivity index (χ0v) is 15.3. The van der Waals surface area contributed by atoms with Gasteiger partial charge in [-0.1, -0.05) is 12.1 Å². The Morgan fingerprint density at radius 3 is 2.55 bits per heavy atom. The molecule has 2 rings (SSSR count). The van der Waals surface area contributed by atoms with E-state index in [4.69, 9.17) is 9.47 Å². The smallest absolute Gasteiger partial charge is 0.329 e. The number of benzene rings is 2. The van der Waals surface area contributed by atoms with Gasteiger partial charge in [0.1, 0.15) is 12.4 Å². The minimum absolute atomic E-state index is 0.134. The molecule has 2 aromatic carbocycles. The summed E-state index contributed by atoms with van der Waals surface area (Å²) in [5, 5.41) is 16.3. The Bertz CT molecular complexity index is 932. The first-order chi connectivity index (χ1) is 13.9. The van der Waals surface area contributed by atoms with Crippen molar-refractivity contribution in [3.05, 3.63) is 53.8 Å². The number of rotatable bonds is 8. The average molecular weight is 402 g/mol. The second-order valence-corrected chi connectivity index (χ2v) is 5.43. The monoisotopic (exact) mass is 402 g/mol. The lowest BCUT2D eigenvalue weighted by molar-refractivity contribution is -0.307. The van der Waals surface area contributed by atoms with Gasteiger partial charge in [-0.05, 0) is 42.8 Å². The van der Waals surface area contributed by atoms with Gasteiger partial charge in [0.2, 0.25) is 0 Å². The molecule has 2 N–H and O–H groups in total. The van der Waals surface area contributed by atoms with Crippen molar-refractivity contribution in [2.45, 2.75) is 6.92 Å². The summed E-state index contributed by atoms with van der Waals surface area (Å²) < 4.78 is 23.9. The maximum absolute atomic E-state index is 13.5. The standard InChI is InChI=1S/C19H18FN3O6/c1-2-28-16-9-12(7-8-15(16)29-11-17(24)25)10-21-23-19(27)18(26)22-14-6-4-3-5-13(14)20/h3-10H,2,11H2,1H3,(H,22,26)(H,23,27)(H,24,25)/p-1/b21-10-. The third kappa shape index (κ3) is 6.61. The summed E-state index contributed by atoms with van der Waals surface area (Å²) in [5.41, 5.74) is 2.36. The Balaban J connectivity index is 1.98. The first-order valence-electron chi connectivity index (χ1n) is 8.39. The maximum Gasteiger partial charge on any atom is 0.329 e. The highest BCUT2D eigenvalue weighted by Gasteiger charge is 2.14. The summed E-state index contributed by atoms with van der Waals surface area (Å²) in [5.74, 6) is -3.78. The van der Waals surface area contributed by atoms with Gasteiger partial charge in [0.25, 0.3) is 0 Å². The van der Waals surface area contributed by atoms with Crippen LogP contribution in [0.25, 0.3) is 0 Å². The van der Waals surface area contributed by atoms with Crippen LogP contribution in [0.2, 0.25) is 0 Å². The number of halogens is 1. The topological polar surface area (TPSA) is 129 Å². The normalized spacial score (nSPS) is 10.4. The van der Waals surface area contributed by atoms with E-state index < -0.39 is 30.2 Å². The summed E-state index contributed by atoms with van der Waals surface area (Å²) in [6.07, 6.45) is 1.24. The predicted molar refractivity (Wildman–Crippen MR) is 98.9 cm³/mol. The number of anilines is 1. The van der Waals surface area contributed by atoms with Crippen LogP contribution in [0.3, 0.4) is 0 Å². The lowest BCUT2D eigenvalue weighted by atomic mass is 10.2. The van der Waals surface area contributed by atoms with Crippen LogP contribution in [0.4, 0.5) is 10.1 Å². The van der Waals surface area contributed by atoms with Crippen molar-refractivity contribution in [1.82, 2.24) is 5.43 Å². The predicted octanol–water partition coefficient (Wildman–Crippen LogP) is 0.442. The Morgan fingerprint density at radius 2 is 1.86 bits per heavy atom. The highest BCUT2D eigenvalue weighted by molar-refractivity contribution is 6.39. The van der Waals surface area contributed by atoms with Gasteiger partial charge >= 0.3 is 11.8 Å². The minimum Gasteiger partial charge on any atom is -0.546 e. The van der Waals surface area contributed by atoms with Gasteiger partial charge in [-0.15, -0.1) is 0 Å². The molecule has 0 aliphatic carbocycles. The van der Waals surface area contributed by atoms with Crippen molar-refractivity contribution in [3.63, 3.8) is 0 Å². The second kappa shape index (κ2) is 10.4. The third-order valence-corrected chi connectivity index (χ3v) is 3.32. The van der Waals surface area contributed by atoms with Crippen LogP contribution in [0.5, 0.6) is 11.5 Å². The van der Waals surface area contributed by atoms with E-state index in [1.165, 1.54) is 42.6 Å². The van der Waals surface area contributed by atoms with E-state index >= 15 is 0 Å². The molecule has 0 aliphatic heterocycles. The lowest BCUT2D eigenvalue weighted by Gasteiger charge is -2.12. The molecule has 0 bridgehead atoms. The molecule has 0 spiro atoms. The van der Waals surface area contributed by atoms with E-state index in [1.54, 1.807) is 6.92 Å². The van der Waals surface area contributed by atoms with Crippen LogP contribution in [0.15, 0.2) is 47.6 Å². The first-order valence-corrected chi connectivity index (χ1v) is 8.39. The molecular formula is C19H17FN3O6-. The number of carboxylic acid groups (broad SMARTS) is 1. The van der Waals surface area contributed by atoms with Gasteiger partial charge in [0.15, 0.2) is 11.5 Å². The fourth-order valence-electron chi connectivity index (χ4n) is 2.09. The van der Waals surface area contributed by atoms with Crippen LogP contribution >= 0.6 is 0 Å². The number of amides is 2. The highest BCUT2D eigenvalue weighted by Crippen LogP contribution is 2.28. The van der Waals surface area contributed by atoms with Gasteiger partial charge in [-0.2, -0.15) is 5.10 Å². The zero-order chi connectivity index (χ0) is 21.2. The maximum atomic E-state index is 13.5. The van der Waals surface area contributed by atoms with Crippen LogP contribution in [0.1, 0.15) is 12.5 Å². The van der Waals surface area contributed by atoms with E-state index in [2.05, 4.69) is 10.4 Å². The molecule has 0 unspecified atom stereocenters. The average Bonchev–Trinajstić information content (AvgIpc) is 2.69. The summed E-state index contributed by atoms with van der Waals surface area (Å²) in [6, 6.07) is 9.89. The summed E-state index contributed by atoms with van der Waals surface area (Å²) in [6.45, 7) is 1.40. The number of hydrazone groups is 1. The van der Waals surface area contributed by atoms with Gasteiger partial charge in [-0.3, -0.25) is 9.59 Å². The molecule has 0 heterocycles. The lowest BCUT2D eigenvalue weighted by Crippen LogP contribution is -2.32. The van der Waals surface area contributed by atoms with E-state index in [0.29, 0.717) is 12.2 Å². The molecule has 0 atom stereocenters. The molecule has 10 heteroatoms. The summed E-state index contributed by atoms with van der Waals surface area (Å²) >= 11 is 0. The number of hydrogen-bond acceptors (Lipinski definition) is 7. The Hall–Kier alpha value is -3.95. The van der Waals surface area contributed by atoms with Crippen molar-refractivity contribution in [3.8, 4) is 11.5 Å². The number of carboxylic acids is 1. The van der Waals surface area contributed by atoms with Gasteiger partial charge < -0.3 is 24.7 Å². The Morgan fingerprint density at radius 1 is 1.10 bits per heavy atom. The number of carbonyl (C=O) groups excluding carboxylic acids is 3. The van der Waals surface area contributed by atoms with Gasteiger partial charge in [-0.25, -0.2) is 9.82 Å². The summed E-state index contributed by atoms with van der Waals surface area (Å²) in [4.78, 5) is 34.0. The Kier molecular flexibility index (Phi) is 7.66. The molecular weight excluding hydrogens is 385 g/mol. The van der Waals surface area contributed by atoms with Crippen molar-refractivity contribution >= 4 is 29.7 Å². The SMILES string of the molecule is CCOc1cc(/C=N\NC(=O)C(=O)Nc2ccccc2F)ccc1OCC(=O)[O-]. The van der Waals surface area contributed by atoms with Crippen molar-refractivity contribution in [1.29, 1.82) is 0 Å². The van der Waals surface area contributed by atoms with E-state index in [-0.39, 0.29) is 17.2 Å². The molecule has 0 fully saturated rings. The minimum atomic E-state index is -1.38. The molecule has 9 nitrogen and oxygen atoms in total. The van der Waals surface area contributed by atoms with Crippen LogP contribution in [-0.2, 0) is 14.4 Å². The van der Waals surface area contributed by atoms with Crippen molar-refractivity contribution < 1.29 is 33.4 Å². The number of ether oxygens (including phenoxy) is 2. The number of carbonyl (C=O) groups is 3. The zero-order valence-electron chi connectivity index (χ0n) is 15.3. The Labute approximate surface area is 165 Å². The molecule has 0 aromatic heterocycles. The number of aliphatic carboxylic acids is 1. The summed E-state index contributed by atoms with van der Waals surface area (Å²) in [7, 11) is 0. The molecule has 0 radical (unpaired) electrons. The molecule has 2 aromatic rings. The molecule has 0 saturated heterocycles. The van der Waals surface area contributed by atoms with Crippen LogP contribution in [0, 0.1) is 5.82 Å². The van der Waals surface area contributed by atoms with E-state index in [0.717, 1.165) is 6.07 Å². The van der Waals surface area contributed by atoms with Crippen LogP contribution < -0.4 is 25.3 Å². The quantitative estimate of drug-likeness (QED) is 0.375. The van der Waals surface area contributed by atoms with E-state index in [1.807, 2.05) is 5.43 Å². The van der Waals surface area contributed by atoms with Gasteiger partial charge in [0.05, 0.1) is 24.5 Å².